The number of nitrogens with two attached hydrogens (primary N) is 1. The Kier molecular flexibility index (Phi) is 3.98. The number of halogens is 2. The zero-order valence-electron chi connectivity index (χ0n) is 10.2. The van der Waals surface area contributed by atoms with Gasteiger partial charge in [-0.25, -0.2) is 0 Å². The average Bonchev–Trinajstić information content (AvgIpc) is 2.97. The van der Waals surface area contributed by atoms with Crippen LogP contribution in [0.1, 0.15) is 22.7 Å². The summed E-state index contributed by atoms with van der Waals surface area (Å²) >= 11 is 8.71. The second-order valence-electron chi connectivity index (χ2n) is 4.65. The first-order valence-corrected chi connectivity index (χ1v) is 8.53. The van der Waals surface area contributed by atoms with Crippen LogP contribution >= 0.6 is 43.2 Å². The van der Waals surface area contributed by atoms with Crippen LogP contribution in [-0.2, 0) is 12.8 Å². The van der Waals surface area contributed by atoms with Crippen LogP contribution in [0.3, 0.4) is 0 Å². The molecule has 2 N–H and O–H groups in total. The molecule has 2 nitrogen and oxygen atoms in total. The van der Waals surface area contributed by atoms with Crippen LogP contribution in [0.25, 0.3) is 0 Å². The summed E-state index contributed by atoms with van der Waals surface area (Å²) in [7, 11) is 0. The zero-order valence-corrected chi connectivity index (χ0v) is 14.1. The van der Waals surface area contributed by atoms with Gasteiger partial charge in [-0.1, -0.05) is 15.9 Å². The average molecular weight is 403 g/mol. The second kappa shape index (κ2) is 5.56. The third kappa shape index (κ3) is 2.89. The van der Waals surface area contributed by atoms with Gasteiger partial charge in [0.1, 0.15) is 5.75 Å². The molecule has 1 atom stereocenters. The lowest BCUT2D eigenvalue weighted by atomic mass is 9.99. The molecule has 5 heteroatoms. The van der Waals surface area contributed by atoms with Gasteiger partial charge in [0.15, 0.2) is 0 Å². The molecule has 1 aromatic carbocycles. The van der Waals surface area contributed by atoms with E-state index in [-0.39, 0.29) is 6.04 Å². The zero-order chi connectivity index (χ0) is 13.4. The normalized spacial score (nSPS) is 15.1. The van der Waals surface area contributed by atoms with Crippen molar-refractivity contribution in [3.05, 3.63) is 48.5 Å². The van der Waals surface area contributed by atoms with E-state index in [1.165, 1.54) is 16.7 Å². The van der Waals surface area contributed by atoms with Crippen molar-refractivity contribution in [2.75, 3.05) is 6.61 Å². The first kappa shape index (κ1) is 13.6. The lowest BCUT2D eigenvalue weighted by Crippen LogP contribution is -2.13. The Morgan fingerprint density at radius 3 is 2.89 bits per heavy atom. The van der Waals surface area contributed by atoms with E-state index in [4.69, 9.17) is 10.5 Å². The van der Waals surface area contributed by atoms with Crippen molar-refractivity contribution >= 4 is 43.2 Å². The van der Waals surface area contributed by atoms with Gasteiger partial charge >= 0.3 is 0 Å². The molecule has 100 valence electrons. The molecular weight excluding hydrogens is 390 g/mol. The highest BCUT2D eigenvalue weighted by atomic mass is 79.9. The van der Waals surface area contributed by atoms with Crippen LogP contribution in [0.2, 0.25) is 0 Å². The molecule has 1 aliphatic heterocycles. The van der Waals surface area contributed by atoms with Crippen molar-refractivity contribution in [1.29, 1.82) is 0 Å². The molecule has 0 saturated carbocycles. The molecule has 0 aliphatic carbocycles. The van der Waals surface area contributed by atoms with Crippen LogP contribution in [0.4, 0.5) is 0 Å². The minimum Gasteiger partial charge on any atom is -0.493 e. The van der Waals surface area contributed by atoms with E-state index in [0.717, 1.165) is 33.5 Å². The Morgan fingerprint density at radius 2 is 2.16 bits per heavy atom. The molecule has 0 bridgehead atoms. The molecule has 2 heterocycles. The van der Waals surface area contributed by atoms with Crippen LogP contribution in [0.15, 0.2) is 31.8 Å². The fourth-order valence-corrected chi connectivity index (χ4v) is 4.16. The maximum atomic E-state index is 6.30. The van der Waals surface area contributed by atoms with Gasteiger partial charge in [0.05, 0.1) is 10.4 Å². The predicted octanol–water partition coefficient (Wildman–Crippen LogP) is 4.45. The van der Waals surface area contributed by atoms with Crippen LogP contribution in [-0.4, -0.2) is 6.61 Å². The quantitative estimate of drug-likeness (QED) is 0.822. The summed E-state index contributed by atoms with van der Waals surface area (Å²) < 4.78 is 7.96. The first-order chi connectivity index (χ1) is 9.13. The molecule has 0 fully saturated rings. The van der Waals surface area contributed by atoms with Crippen molar-refractivity contribution < 1.29 is 4.74 Å². The summed E-state index contributed by atoms with van der Waals surface area (Å²) in [5.41, 5.74) is 9.94. The van der Waals surface area contributed by atoms with Crippen LogP contribution < -0.4 is 10.5 Å². The largest absolute Gasteiger partial charge is 0.493 e. The van der Waals surface area contributed by atoms with Gasteiger partial charge in [-0.15, -0.1) is 11.3 Å². The molecule has 0 saturated heterocycles. The lowest BCUT2D eigenvalue weighted by molar-refractivity contribution is 0.352. The summed E-state index contributed by atoms with van der Waals surface area (Å²) in [6.45, 7) is 0.776. The topological polar surface area (TPSA) is 35.2 Å². The minimum absolute atomic E-state index is 0.00477. The van der Waals surface area contributed by atoms with Gasteiger partial charge in [0.2, 0.25) is 0 Å². The minimum atomic E-state index is 0.00477. The van der Waals surface area contributed by atoms with E-state index in [2.05, 4.69) is 55.4 Å². The van der Waals surface area contributed by atoms with Crippen LogP contribution in [0.5, 0.6) is 5.75 Å². The van der Waals surface area contributed by atoms with Crippen molar-refractivity contribution in [3.63, 3.8) is 0 Å². The Bertz CT molecular complexity index is 611. The Labute approximate surface area is 133 Å². The Morgan fingerprint density at radius 1 is 1.32 bits per heavy atom. The molecule has 0 amide bonds. The summed E-state index contributed by atoms with van der Waals surface area (Å²) in [5, 5.41) is 2.10. The summed E-state index contributed by atoms with van der Waals surface area (Å²) in [4.78, 5) is 0. The summed E-state index contributed by atoms with van der Waals surface area (Å²) in [5.74, 6) is 1.04. The molecule has 0 radical (unpaired) electrons. The molecule has 3 rings (SSSR count). The van der Waals surface area contributed by atoms with Gasteiger partial charge in [-0.05, 0) is 62.6 Å². The molecule has 2 aromatic rings. The number of benzene rings is 1. The van der Waals surface area contributed by atoms with Crippen LogP contribution in [0, 0.1) is 0 Å². The highest BCUT2D eigenvalue weighted by molar-refractivity contribution is 9.11. The second-order valence-corrected chi connectivity index (χ2v) is 7.85. The van der Waals surface area contributed by atoms with Crippen molar-refractivity contribution in [1.82, 2.24) is 0 Å². The van der Waals surface area contributed by atoms with Gasteiger partial charge in [-0.3, -0.25) is 0 Å². The number of ether oxygens (including phenoxy) is 1. The van der Waals surface area contributed by atoms with E-state index in [1.54, 1.807) is 11.3 Å². The van der Waals surface area contributed by atoms with E-state index >= 15 is 0 Å². The van der Waals surface area contributed by atoms with E-state index in [9.17, 15) is 0 Å². The van der Waals surface area contributed by atoms with Crippen molar-refractivity contribution in [2.24, 2.45) is 5.73 Å². The Hall–Kier alpha value is -0.360. The number of thiophene rings is 1. The number of rotatable bonds is 3. The molecule has 19 heavy (non-hydrogen) atoms. The third-order valence-corrected chi connectivity index (χ3v) is 5.26. The fourth-order valence-electron chi connectivity index (χ4n) is 2.37. The smallest absolute Gasteiger partial charge is 0.125 e. The molecule has 1 unspecified atom stereocenters. The lowest BCUT2D eigenvalue weighted by Gasteiger charge is -2.13. The summed E-state index contributed by atoms with van der Waals surface area (Å²) in [6, 6.07) is 6.35. The Balaban J connectivity index is 1.87. The number of hydrogen-bond donors (Lipinski definition) is 1. The predicted molar refractivity (Wildman–Crippen MR) is 86.0 cm³/mol. The monoisotopic (exact) mass is 401 g/mol. The van der Waals surface area contributed by atoms with Crippen molar-refractivity contribution in [2.45, 2.75) is 18.9 Å². The van der Waals surface area contributed by atoms with Crippen molar-refractivity contribution in [3.8, 4) is 5.75 Å². The maximum Gasteiger partial charge on any atom is 0.125 e. The molecule has 0 spiro atoms. The maximum absolute atomic E-state index is 6.30. The SMILES string of the molecule is NC(Cc1cc(Br)cc2c1OCC2)c1csc(Br)c1. The van der Waals surface area contributed by atoms with E-state index in [1.807, 2.05) is 0 Å². The standard InChI is InChI=1S/C14H13Br2NOS/c15-11-3-8-1-2-18-14(8)9(4-11)5-12(17)10-6-13(16)19-7-10/h3-4,6-7,12H,1-2,5,17H2. The number of fused-ring (bicyclic) bond motifs is 1. The first-order valence-electron chi connectivity index (χ1n) is 6.07. The summed E-state index contributed by atoms with van der Waals surface area (Å²) in [6.07, 6.45) is 1.78. The van der Waals surface area contributed by atoms with E-state index < -0.39 is 0 Å². The molecule has 1 aliphatic rings. The van der Waals surface area contributed by atoms with Gasteiger partial charge < -0.3 is 10.5 Å². The highest BCUT2D eigenvalue weighted by Gasteiger charge is 2.19. The highest BCUT2D eigenvalue weighted by Crippen LogP contribution is 2.35. The molecular formula is C14H13Br2NOS. The third-order valence-electron chi connectivity index (χ3n) is 3.28. The molecule has 1 aromatic heterocycles. The van der Waals surface area contributed by atoms with E-state index in [0.29, 0.717) is 0 Å². The fraction of sp³-hybridized carbons (Fsp3) is 0.286. The van der Waals surface area contributed by atoms with Gasteiger partial charge in [-0.2, -0.15) is 0 Å². The van der Waals surface area contributed by atoms with Gasteiger partial charge in [0.25, 0.3) is 0 Å². The number of hydrogen-bond acceptors (Lipinski definition) is 3. The van der Waals surface area contributed by atoms with Gasteiger partial charge in [0, 0.05) is 16.9 Å².